The van der Waals surface area contributed by atoms with Gasteiger partial charge in [-0.3, -0.25) is 9.35 Å². The normalized spacial score (nSPS) is 14.5. The fourth-order valence-electron chi connectivity index (χ4n) is 5.48. The third-order valence-corrected chi connectivity index (χ3v) is 9.20. The summed E-state index contributed by atoms with van der Waals surface area (Å²) in [6, 6.07) is -1.23. The summed E-state index contributed by atoms with van der Waals surface area (Å²) in [5.41, 5.74) is 0. The molecule has 0 spiro atoms. The van der Waals surface area contributed by atoms with Crippen LogP contribution in [0.3, 0.4) is 0 Å². The molecule has 1 amide bonds. The lowest BCUT2D eigenvalue weighted by Gasteiger charge is -2.22. The van der Waals surface area contributed by atoms with E-state index in [4.69, 9.17) is 0 Å². The maximum Gasteiger partial charge on any atom is 0.267 e. The summed E-state index contributed by atoms with van der Waals surface area (Å²) in [7, 11) is -4.44. The highest BCUT2D eigenvalue weighted by Gasteiger charge is 2.27. The monoisotopic (exact) mass is 670 g/mol. The zero-order chi connectivity index (χ0) is 34.1. The maximum absolute atomic E-state index is 12.5. The molecule has 0 heterocycles. The Hall–Kier alpha value is -1.48. The van der Waals surface area contributed by atoms with Crippen LogP contribution < -0.4 is 5.32 Å². The highest BCUT2D eigenvalue weighted by Crippen LogP contribution is 2.14. The van der Waals surface area contributed by atoms with Crippen LogP contribution in [0, 0.1) is 0 Å². The Bertz CT molecular complexity index is 886. The van der Waals surface area contributed by atoms with Gasteiger partial charge in [-0.05, 0) is 51.4 Å². The third-order valence-electron chi connectivity index (χ3n) is 8.42. The average Bonchev–Trinajstić information content (AvgIpc) is 3.01. The van der Waals surface area contributed by atoms with Crippen LogP contribution in [0.1, 0.15) is 174 Å². The number of aliphatic hydroxyl groups is 2. The first-order valence-electron chi connectivity index (χ1n) is 18.8. The number of carbonyl (C=O) groups excluding carboxylic acids is 1. The van der Waals surface area contributed by atoms with Crippen LogP contribution >= 0.6 is 0 Å². The molecule has 8 heteroatoms. The van der Waals surface area contributed by atoms with Crippen molar-refractivity contribution in [3.63, 3.8) is 0 Å². The van der Waals surface area contributed by atoms with Crippen LogP contribution in [0.2, 0.25) is 0 Å². The number of hydrogen-bond donors (Lipinski definition) is 4. The molecule has 4 N–H and O–H groups in total. The van der Waals surface area contributed by atoms with Gasteiger partial charge in [-0.2, -0.15) is 8.42 Å². The zero-order valence-electron chi connectivity index (χ0n) is 29.6. The van der Waals surface area contributed by atoms with Crippen LogP contribution in [0.4, 0.5) is 0 Å². The van der Waals surface area contributed by atoms with Gasteiger partial charge in [-0.1, -0.05) is 159 Å². The Morgan fingerprint density at radius 3 is 1.52 bits per heavy atom. The first kappa shape index (κ1) is 44.5. The maximum atomic E-state index is 12.5. The minimum atomic E-state index is -4.44. The molecule has 0 rings (SSSR count). The molecular formula is C38H71NO6S. The van der Waals surface area contributed by atoms with Gasteiger partial charge in [-0.15, -0.1) is 0 Å². The average molecular weight is 670 g/mol. The molecule has 0 fully saturated rings. The van der Waals surface area contributed by atoms with Crippen molar-refractivity contribution in [1.82, 2.24) is 5.32 Å². The molecule has 0 aromatic heterocycles. The number of hydrogen-bond acceptors (Lipinski definition) is 5. The van der Waals surface area contributed by atoms with Crippen molar-refractivity contribution in [2.75, 3.05) is 5.75 Å². The van der Waals surface area contributed by atoms with Crippen molar-refractivity contribution >= 4 is 16.0 Å². The lowest BCUT2D eigenvalue weighted by Crippen LogP contribution is -2.50. The van der Waals surface area contributed by atoms with Gasteiger partial charge in [0.1, 0.15) is 6.10 Å². The van der Waals surface area contributed by atoms with E-state index in [9.17, 15) is 28.0 Å². The fourth-order valence-corrected chi connectivity index (χ4v) is 6.22. The van der Waals surface area contributed by atoms with E-state index in [0.29, 0.717) is 6.42 Å². The molecule has 46 heavy (non-hydrogen) atoms. The van der Waals surface area contributed by atoms with Crippen LogP contribution in [0.15, 0.2) is 36.5 Å². The van der Waals surface area contributed by atoms with E-state index in [1.165, 1.54) is 89.5 Å². The zero-order valence-corrected chi connectivity index (χ0v) is 30.4. The quantitative estimate of drug-likeness (QED) is 0.0313. The second-order valence-electron chi connectivity index (χ2n) is 13.0. The Balaban J connectivity index is 4.13. The fraction of sp³-hybridized carbons (Fsp3) is 0.816. The largest absolute Gasteiger partial charge is 0.387 e. The first-order chi connectivity index (χ1) is 22.2. The SMILES string of the molecule is CCCCC/C=C\C/C=C\CCCCCCCCC(O)C(=O)NC(CS(=O)(=O)O)C(O)/C=C/CCCCCCCCCCCCC. The van der Waals surface area contributed by atoms with Crippen molar-refractivity contribution in [2.24, 2.45) is 0 Å². The van der Waals surface area contributed by atoms with Gasteiger partial charge < -0.3 is 15.5 Å². The van der Waals surface area contributed by atoms with E-state index in [0.717, 1.165) is 64.2 Å². The lowest BCUT2D eigenvalue weighted by atomic mass is 10.0. The van der Waals surface area contributed by atoms with Crippen molar-refractivity contribution in [3.8, 4) is 0 Å². The van der Waals surface area contributed by atoms with Crippen LogP contribution in [0.25, 0.3) is 0 Å². The summed E-state index contributed by atoms with van der Waals surface area (Å²) in [5.74, 6) is -1.55. The van der Waals surface area contributed by atoms with E-state index in [1.54, 1.807) is 6.08 Å². The van der Waals surface area contributed by atoms with Crippen molar-refractivity contribution < 1.29 is 28.0 Å². The molecule has 3 atom stereocenters. The number of aliphatic hydroxyl groups excluding tert-OH is 2. The number of amides is 1. The predicted octanol–water partition coefficient (Wildman–Crippen LogP) is 9.54. The molecular weight excluding hydrogens is 598 g/mol. The number of allylic oxidation sites excluding steroid dienone is 5. The van der Waals surface area contributed by atoms with Gasteiger partial charge in [0.05, 0.1) is 17.9 Å². The summed E-state index contributed by atoms with van der Waals surface area (Å²) in [4.78, 5) is 12.5. The Kier molecular flexibility index (Phi) is 31.1. The molecule has 0 aliphatic rings. The molecule has 0 aromatic carbocycles. The minimum absolute atomic E-state index is 0.268. The lowest BCUT2D eigenvalue weighted by molar-refractivity contribution is -0.130. The second kappa shape index (κ2) is 32.1. The summed E-state index contributed by atoms with van der Waals surface area (Å²) in [6.45, 7) is 4.46. The number of carbonyl (C=O) groups is 1. The van der Waals surface area contributed by atoms with Crippen LogP contribution in [-0.4, -0.2) is 53.1 Å². The minimum Gasteiger partial charge on any atom is -0.387 e. The molecule has 0 aliphatic heterocycles. The first-order valence-corrected chi connectivity index (χ1v) is 20.4. The molecule has 0 saturated carbocycles. The Morgan fingerprint density at radius 1 is 0.609 bits per heavy atom. The number of nitrogens with one attached hydrogen (secondary N) is 1. The predicted molar refractivity (Wildman–Crippen MR) is 195 cm³/mol. The molecule has 0 bridgehead atoms. The summed E-state index contributed by atoms with van der Waals surface area (Å²) >= 11 is 0. The smallest absolute Gasteiger partial charge is 0.267 e. The van der Waals surface area contributed by atoms with E-state index < -0.39 is 40.0 Å². The van der Waals surface area contributed by atoms with Gasteiger partial charge >= 0.3 is 0 Å². The molecule has 0 radical (unpaired) electrons. The standard InChI is InChI=1S/C38H71NO6S/c1-3-5-7-9-11-13-15-17-18-19-21-23-25-27-29-31-33-37(41)38(42)39-35(34-46(43,44)45)36(40)32-30-28-26-24-22-20-16-14-12-10-8-6-4-2/h11,13,17-18,30,32,35-37,40-41H,3-10,12,14-16,19-29,31,33-34H2,1-2H3,(H,39,42)(H,43,44,45)/b13-11-,18-17-,32-30+. The van der Waals surface area contributed by atoms with Gasteiger partial charge in [0, 0.05) is 0 Å². The summed E-state index contributed by atoms with van der Waals surface area (Å²) in [5, 5.41) is 23.3. The molecule has 3 unspecified atom stereocenters. The number of rotatable bonds is 33. The summed E-state index contributed by atoms with van der Waals surface area (Å²) < 4.78 is 32.4. The van der Waals surface area contributed by atoms with Gasteiger partial charge in [0.2, 0.25) is 5.91 Å². The third kappa shape index (κ3) is 31.1. The van der Waals surface area contributed by atoms with Crippen LogP contribution in [-0.2, 0) is 14.9 Å². The van der Waals surface area contributed by atoms with Crippen molar-refractivity contribution in [1.29, 1.82) is 0 Å². The Labute approximate surface area is 283 Å². The summed E-state index contributed by atoms with van der Waals surface area (Å²) in [6.07, 6.45) is 37.6. The van der Waals surface area contributed by atoms with E-state index in [-0.39, 0.29) is 6.42 Å². The van der Waals surface area contributed by atoms with Crippen LogP contribution in [0.5, 0.6) is 0 Å². The highest BCUT2D eigenvalue weighted by atomic mass is 32.2. The van der Waals surface area contributed by atoms with Crippen molar-refractivity contribution in [2.45, 2.75) is 193 Å². The molecule has 7 nitrogen and oxygen atoms in total. The van der Waals surface area contributed by atoms with Gasteiger partial charge in [0.25, 0.3) is 10.1 Å². The molecule has 270 valence electrons. The molecule has 0 aromatic rings. The highest BCUT2D eigenvalue weighted by molar-refractivity contribution is 7.85. The van der Waals surface area contributed by atoms with E-state index >= 15 is 0 Å². The Morgan fingerprint density at radius 2 is 1.02 bits per heavy atom. The van der Waals surface area contributed by atoms with E-state index in [2.05, 4.69) is 43.5 Å². The topological polar surface area (TPSA) is 124 Å². The second-order valence-corrected chi connectivity index (χ2v) is 14.5. The van der Waals surface area contributed by atoms with E-state index in [1.807, 2.05) is 0 Å². The molecule has 0 saturated heterocycles. The van der Waals surface area contributed by atoms with Crippen molar-refractivity contribution in [3.05, 3.63) is 36.5 Å². The van der Waals surface area contributed by atoms with Gasteiger partial charge in [0.15, 0.2) is 0 Å². The number of unbranched alkanes of at least 4 members (excludes halogenated alkanes) is 20. The van der Waals surface area contributed by atoms with Gasteiger partial charge in [-0.25, -0.2) is 0 Å². The molecule has 0 aliphatic carbocycles.